The highest BCUT2D eigenvalue weighted by Crippen LogP contribution is 2.32. The van der Waals surface area contributed by atoms with E-state index in [1.807, 2.05) is 4.90 Å². The molecule has 0 aromatic heterocycles. The van der Waals surface area contributed by atoms with Crippen molar-refractivity contribution in [3.63, 3.8) is 0 Å². The van der Waals surface area contributed by atoms with Gasteiger partial charge in [0.05, 0.1) is 36.5 Å². The Kier molecular flexibility index (Phi) is 7.25. The van der Waals surface area contributed by atoms with E-state index in [4.69, 9.17) is 14.2 Å². The average Bonchev–Trinajstić information content (AvgIpc) is 2.63. The fraction of sp³-hybridized carbons (Fsp3) is 0.562. The fourth-order valence-electron chi connectivity index (χ4n) is 2.50. The number of hydrogen-bond donors (Lipinski definition) is 1. The lowest BCUT2D eigenvalue weighted by Gasteiger charge is -2.31. The van der Waals surface area contributed by atoms with Crippen LogP contribution in [0.25, 0.3) is 0 Å². The van der Waals surface area contributed by atoms with Gasteiger partial charge in [-0.25, -0.2) is 0 Å². The lowest BCUT2D eigenvalue weighted by molar-refractivity contribution is -0.387. The number of carbonyl (C=O) groups is 1. The van der Waals surface area contributed by atoms with Crippen molar-refractivity contribution in [2.45, 2.75) is 13.0 Å². The van der Waals surface area contributed by atoms with Crippen LogP contribution in [0, 0.1) is 15.9 Å². The van der Waals surface area contributed by atoms with Crippen LogP contribution in [0.3, 0.4) is 0 Å². The molecule has 1 aromatic rings. The maximum atomic E-state index is 13.9. The number of morpholine rings is 1. The minimum atomic E-state index is -1.04. The van der Waals surface area contributed by atoms with Gasteiger partial charge >= 0.3 is 5.69 Å². The summed E-state index contributed by atoms with van der Waals surface area (Å²) < 4.78 is 29.4. The first-order valence-electron chi connectivity index (χ1n) is 8.16. The molecule has 0 bridgehead atoms. The van der Waals surface area contributed by atoms with Crippen LogP contribution in [0.1, 0.15) is 6.92 Å². The summed E-state index contributed by atoms with van der Waals surface area (Å²) >= 11 is 0. The van der Waals surface area contributed by atoms with Crippen LogP contribution in [0.2, 0.25) is 0 Å². The Bertz CT molecular complexity index is 651. The van der Waals surface area contributed by atoms with Crippen molar-refractivity contribution in [2.75, 3.05) is 51.9 Å². The third kappa shape index (κ3) is 5.10. The van der Waals surface area contributed by atoms with Crippen molar-refractivity contribution in [1.29, 1.82) is 0 Å². The summed E-state index contributed by atoms with van der Waals surface area (Å²) in [6.45, 7) is 4.36. The number of nitro benzene ring substituents is 1. The highest BCUT2D eigenvalue weighted by atomic mass is 19.1. The number of nitro groups is 1. The SMILES string of the molecule is COCCOc1cc(F)c([N+](=O)[O-])cc1NC(=O)[C@H](C)N1CCOCC1. The first kappa shape index (κ1) is 20.0. The monoisotopic (exact) mass is 371 g/mol. The maximum absolute atomic E-state index is 13.9. The largest absolute Gasteiger partial charge is 0.489 e. The van der Waals surface area contributed by atoms with Crippen LogP contribution in [0.15, 0.2) is 12.1 Å². The number of nitrogens with one attached hydrogen (secondary N) is 1. The van der Waals surface area contributed by atoms with Gasteiger partial charge in [-0.3, -0.25) is 19.8 Å². The minimum Gasteiger partial charge on any atom is -0.489 e. The lowest BCUT2D eigenvalue weighted by Crippen LogP contribution is -2.47. The van der Waals surface area contributed by atoms with E-state index in [2.05, 4.69) is 5.32 Å². The van der Waals surface area contributed by atoms with Crippen LogP contribution in [0.5, 0.6) is 5.75 Å². The highest BCUT2D eigenvalue weighted by Gasteiger charge is 2.26. The quantitative estimate of drug-likeness (QED) is 0.419. The molecule has 10 heteroatoms. The second-order valence-electron chi connectivity index (χ2n) is 5.71. The third-order valence-corrected chi connectivity index (χ3v) is 4.02. The van der Waals surface area contributed by atoms with E-state index < -0.39 is 22.5 Å². The van der Waals surface area contributed by atoms with Gasteiger partial charge in [0.2, 0.25) is 11.7 Å². The van der Waals surface area contributed by atoms with Crippen LogP contribution in [0.4, 0.5) is 15.8 Å². The molecule has 1 amide bonds. The van der Waals surface area contributed by atoms with Crippen molar-refractivity contribution in [2.24, 2.45) is 0 Å². The number of ether oxygens (including phenoxy) is 3. The van der Waals surface area contributed by atoms with Gasteiger partial charge in [0.25, 0.3) is 0 Å². The highest BCUT2D eigenvalue weighted by molar-refractivity contribution is 5.96. The van der Waals surface area contributed by atoms with Crippen molar-refractivity contribution in [3.8, 4) is 5.75 Å². The molecule has 26 heavy (non-hydrogen) atoms. The van der Waals surface area contributed by atoms with Gasteiger partial charge in [-0.05, 0) is 6.92 Å². The standard InChI is InChI=1S/C16H22FN3O6/c1-11(19-3-5-25-6-4-19)16(21)18-13-10-14(20(22)23)12(17)9-15(13)26-8-7-24-2/h9-11H,3-8H2,1-2H3,(H,18,21)/t11-/m0/s1. The van der Waals surface area contributed by atoms with Crippen LogP contribution >= 0.6 is 0 Å². The number of methoxy groups -OCH3 is 1. The van der Waals surface area contributed by atoms with E-state index in [0.29, 0.717) is 26.3 Å². The van der Waals surface area contributed by atoms with E-state index in [9.17, 15) is 19.3 Å². The number of halogens is 1. The van der Waals surface area contributed by atoms with Gasteiger partial charge < -0.3 is 19.5 Å². The smallest absolute Gasteiger partial charge is 0.307 e. The van der Waals surface area contributed by atoms with Gasteiger partial charge in [0.1, 0.15) is 12.4 Å². The van der Waals surface area contributed by atoms with Gasteiger partial charge in [-0.2, -0.15) is 4.39 Å². The van der Waals surface area contributed by atoms with Crippen LogP contribution in [-0.2, 0) is 14.3 Å². The minimum absolute atomic E-state index is 0.00711. The fourth-order valence-corrected chi connectivity index (χ4v) is 2.50. The number of anilines is 1. The molecule has 1 aliphatic rings. The average molecular weight is 371 g/mol. The number of amides is 1. The van der Waals surface area contributed by atoms with E-state index in [0.717, 1.165) is 12.1 Å². The van der Waals surface area contributed by atoms with Crippen molar-refractivity contribution in [3.05, 3.63) is 28.1 Å². The van der Waals surface area contributed by atoms with Crippen molar-refractivity contribution >= 4 is 17.3 Å². The summed E-state index contributed by atoms with van der Waals surface area (Å²) in [6.07, 6.45) is 0. The normalized spacial score (nSPS) is 16.1. The van der Waals surface area contributed by atoms with Gasteiger partial charge in [0, 0.05) is 32.3 Å². The summed E-state index contributed by atoms with van der Waals surface area (Å²) in [4.78, 5) is 24.6. The molecule has 1 N–H and O–H groups in total. The molecule has 0 unspecified atom stereocenters. The lowest BCUT2D eigenvalue weighted by atomic mass is 10.2. The van der Waals surface area contributed by atoms with E-state index in [-0.39, 0.29) is 30.6 Å². The molecule has 1 atom stereocenters. The Hall–Kier alpha value is -2.30. The van der Waals surface area contributed by atoms with Crippen molar-refractivity contribution in [1.82, 2.24) is 4.90 Å². The topological polar surface area (TPSA) is 103 Å². The molecule has 1 heterocycles. The summed E-state index contributed by atoms with van der Waals surface area (Å²) in [6, 6.07) is 1.37. The second kappa shape index (κ2) is 9.41. The molecule has 1 saturated heterocycles. The third-order valence-electron chi connectivity index (χ3n) is 4.02. The Morgan fingerprint density at radius 3 is 2.73 bits per heavy atom. The summed E-state index contributed by atoms with van der Waals surface area (Å²) in [7, 11) is 1.48. The number of carbonyl (C=O) groups excluding carboxylic acids is 1. The summed E-state index contributed by atoms with van der Waals surface area (Å²) in [5, 5.41) is 13.6. The van der Waals surface area contributed by atoms with E-state index >= 15 is 0 Å². The molecular weight excluding hydrogens is 349 g/mol. The zero-order valence-electron chi connectivity index (χ0n) is 14.7. The Morgan fingerprint density at radius 2 is 2.12 bits per heavy atom. The van der Waals surface area contributed by atoms with Crippen LogP contribution < -0.4 is 10.1 Å². The number of benzene rings is 1. The number of hydrogen-bond acceptors (Lipinski definition) is 7. The van der Waals surface area contributed by atoms with Crippen LogP contribution in [-0.4, -0.2) is 68.4 Å². The molecular formula is C16H22FN3O6. The molecule has 0 radical (unpaired) electrons. The zero-order chi connectivity index (χ0) is 19.1. The molecule has 0 saturated carbocycles. The van der Waals surface area contributed by atoms with E-state index in [1.54, 1.807) is 6.92 Å². The van der Waals surface area contributed by atoms with Gasteiger partial charge in [-0.1, -0.05) is 0 Å². The Morgan fingerprint density at radius 1 is 1.42 bits per heavy atom. The molecule has 2 rings (SSSR count). The molecule has 1 fully saturated rings. The Labute approximate surface area is 150 Å². The number of nitrogens with zero attached hydrogens (tertiary/aromatic N) is 2. The van der Waals surface area contributed by atoms with E-state index in [1.165, 1.54) is 7.11 Å². The Balaban J connectivity index is 2.19. The van der Waals surface area contributed by atoms with Gasteiger partial charge in [-0.15, -0.1) is 0 Å². The maximum Gasteiger partial charge on any atom is 0.307 e. The molecule has 9 nitrogen and oxygen atoms in total. The molecule has 144 valence electrons. The molecule has 0 aliphatic carbocycles. The summed E-state index contributed by atoms with van der Waals surface area (Å²) in [5.41, 5.74) is -0.697. The molecule has 1 aliphatic heterocycles. The first-order valence-corrected chi connectivity index (χ1v) is 8.16. The zero-order valence-corrected chi connectivity index (χ0v) is 14.7. The molecule has 1 aromatic carbocycles. The number of rotatable bonds is 8. The first-order chi connectivity index (χ1) is 12.4. The summed E-state index contributed by atoms with van der Waals surface area (Å²) in [5.74, 6) is -1.40. The van der Waals surface area contributed by atoms with Gasteiger partial charge in [0.15, 0.2) is 0 Å². The second-order valence-corrected chi connectivity index (χ2v) is 5.71. The van der Waals surface area contributed by atoms with Crippen molar-refractivity contribution < 1.29 is 28.3 Å². The predicted molar refractivity (Wildman–Crippen MR) is 90.9 cm³/mol. The molecule has 0 spiro atoms. The predicted octanol–water partition coefficient (Wildman–Crippen LogP) is 1.42.